The molecule has 6 nitrogen and oxygen atoms in total. The second kappa shape index (κ2) is 5.71. The van der Waals surface area contributed by atoms with Gasteiger partial charge in [-0.05, 0) is 19.3 Å². The van der Waals surface area contributed by atoms with Crippen LogP contribution in [0.4, 0.5) is 17.6 Å². The summed E-state index contributed by atoms with van der Waals surface area (Å²) in [6.07, 6.45) is 5.88. The standard InChI is InChI=1S/C15H21N5O/c1-2-11-8-14(21)20(10-11)15-17-12(16)9-13(18-15)19-6-4-3-5-7-19/h2,9,11H,1,3-8,10H2,(H2,16,17,18). The van der Waals surface area contributed by atoms with Gasteiger partial charge in [-0.15, -0.1) is 6.58 Å². The molecule has 0 spiro atoms. The lowest BCUT2D eigenvalue weighted by atomic mass is 10.1. The van der Waals surface area contributed by atoms with Crippen LogP contribution in [0.25, 0.3) is 0 Å². The normalized spacial score (nSPS) is 22.7. The molecule has 1 unspecified atom stereocenters. The number of carbonyl (C=O) groups excluding carboxylic acids is 1. The molecular formula is C15H21N5O. The predicted octanol–water partition coefficient (Wildman–Crippen LogP) is 1.59. The summed E-state index contributed by atoms with van der Waals surface area (Å²) < 4.78 is 0. The first-order valence-corrected chi connectivity index (χ1v) is 7.50. The van der Waals surface area contributed by atoms with Crippen molar-refractivity contribution in [1.82, 2.24) is 9.97 Å². The third-order valence-corrected chi connectivity index (χ3v) is 4.13. The third-order valence-electron chi connectivity index (χ3n) is 4.13. The molecule has 0 bridgehead atoms. The van der Waals surface area contributed by atoms with Gasteiger partial charge in [0.1, 0.15) is 11.6 Å². The van der Waals surface area contributed by atoms with E-state index >= 15 is 0 Å². The van der Waals surface area contributed by atoms with E-state index in [1.165, 1.54) is 19.3 Å². The van der Waals surface area contributed by atoms with Crippen LogP contribution in [-0.4, -0.2) is 35.5 Å². The minimum atomic E-state index is 0.0371. The first-order chi connectivity index (χ1) is 10.2. The van der Waals surface area contributed by atoms with Gasteiger partial charge in [0.15, 0.2) is 0 Å². The van der Waals surface area contributed by atoms with Gasteiger partial charge >= 0.3 is 0 Å². The summed E-state index contributed by atoms with van der Waals surface area (Å²) >= 11 is 0. The van der Waals surface area contributed by atoms with Gasteiger partial charge in [-0.3, -0.25) is 9.69 Å². The summed E-state index contributed by atoms with van der Waals surface area (Å²) in [7, 11) is 0. The van der Waals surface area contributed by atoms with Crippen molar-refractivity contribution in [3.05, 3.63) is 18.7 Å². The lowest BCUT2D eigenvalue weighted by Crippen LogP contribution is -2.32. The first kappa shape index (κ1) is 13.9. The number of hydrogen-bond donors (Lipinski definition) is 1. The highest BCUT2D eigenvalue weighted by Gasteiger charge is 2.31. The number of rotatable bonds is 3. The number of hydrogen-bond acceptors (Lipinski definition) is 5. The van der Waals surface area contributed by atoms with Gasteiger partial charge in [0.25, 0.3) is 0 Å². The lowest BCUT2D eigenvalue weighted by Gasteiger charge is -2.28. The molecular weight excluding hydrogens is 266 g/mol. The molecule has 3 rings (SSSR count). The summed E-state index contributed by atoms with van der Waals surface area (Å²) in [6, 6.07) is 1.79. The molecule has 112 valence electrons. The lowest BCUT2D eigenvalue weighted by molar-refractivity contribution is -0.117. The van der Waals surface area contributed by atoms with E-state index in [1.54, 1.807) is 11.0 Å². The molecule has 2 saturated heterocycles. The number of piperidine rings is 1. The first-order valence-electron chi connectivity index (χ1n) is 7.50. The molecule has 2 fully saturated rings. The van der Waals surface area contributed by atoms with Crippen molar-refractivity contribution in [1.29, 1.82) is 0 Å². The van der Waals surface area contributed by atoms with Crippen LogP contribution in [0, 0.1) is 5.92 Å². The van der Waals surface area contributed by atoms with E-state index in [2.05, 4.69) is 21.4 Å². The van der Waals surface area contributed by atoms with Crippen molar-refractivity contribution in [2.24, 2.45) is 5.92 Å². The monoisotopic (exact) mass is 287 g/mol. The summed E-state index contributed by atoms with van der Waals surface area (Å²) in [5, 5.41) is 0. The topological polar surface area (TPSA) is 75.3 Å². The number of anilines is 3. The number of amides is 1. The fourth-order valence-corrected chi connectivity index (χ4v) is 2.93. The number of nitrogens with two attached hydrogens (primary N) is 1. The summed E-state index contributed by atoms with van der Waals surface area (Å²) in [6.45, 7) is 6.32. The Labute approximate surface area is 124 Å². The molecule has 1 amide bonds. The molecule has 3 heterocycles. The quantitative estimate of drug-likeness (QED) is 0.854. The van der Waals surface area contributed by atoms with Crippen LogP contribution in [0.5, 0.6) is 0 Å². The average Bonchev–Trinajstić information content (AvgIpc) is 2.89. The van der Waals surface area contributed by atoms with E-state index in [1.807, 2.05) is 6.08 Å². The predicted molar refractivity (Wildman–Crippen MR) is 83.2 cm³/mol. The smallest absolute Gasteiger partial charge is 0.236 e. The number of nitrogens with zero attached hydrogens (tertiary/aromatic N) is 4. The van der Waals surface area contributed by atoms with Gasteiger partial charge in [0.2, 0.25) is 11.9 Å². The van der Waals surface area contributed by atoms with Crippen LogP contribution < -0.4 is 15.5 Å². The van der Waals surface area contributed by atoms with E-state index in [0.29, 0.717) is 24.7 Å². The zero-order chi connectivity index (χ0) is 14.8. The molecule has 1 aromatic rings. The zero-order valence-electron chi connectivity index (χ0n) is 12.2. The Balaban J connectivity index is 1.87. The maximum absolute atomic E-state index is 12.1. The Kier molecular flexibility index (Phi) is 3.77. The number of aromatic nitrogens is 2. The van der Waals surface area contributed by atoms with Gasteiger partial charge in [-0.25, -0.2) is 0 Å². The summed E-state index contributed by atoms with van der Waals surface area (Å²) in [5.41, 5.74) is 5.91. The van der Waals surface area contributed by atoms with E-state index < -0.39 is 0 Å². The van der Waals surface area contributed by atoms with Crippen LogP contribution in [-0.2, 0) is 4.79 Å². The van der Waals surface area contributed by atoms with E-state index in [4.69, 9.17) is 5.73 Å². The Bertz CT molecular complexity index is 553. The molecule has 2 aliphatic rings. The van der Waals surface area contributed by atoms with Crippen molar-refractivity contribution in [3.8, 4) is 0 Å². The molecule has 1 aromatic heterocycles. The average molecular weight is 287 g/mol. The van der Waals surface area contributed by atoms with E-state index in [9.17, 15) is 4.79 Å². The van der Waals surface area contributed by atoms with Crippen LogP contribution in [0.3, 0.4) is 0 Å². The van der Waals surface area contributed by atoms with Crippen LogP contribution in [0.2, 0.25) is 0 Å². The Hall–Kier alpha value is -2.11. The van der Waals surface area contributed by atoms with Crippen molar-refractivity contribution < 1.29 is 4.79 Å². The van der Waals surface area contributed by atoms with Crippen LogP contribution in [0.15, 0.2) is 18.7 Å². The van der Waals surface area contributed by atoms with Crippen LogP contribution in [0.1, 0.15) is 25.7 Å². The Morgan fingerprint density at radius 3 is 2.71 bits per heavy atom. The second-order valence-electron chi connectivity index (χ2n) is 5.70. The molecule has 1 atom stereocenters. The maximum Gasteiger partial charge on any atom is 0.236 e. The van der Waals surface area contributed by atoms with E-state index in [0.717, 1.165) is 18.9 Å². The van der Waals surface area contributed by atoms with Gasteiger partial charge < -0.3 is 10.6 Å². The molecule has 0 saturated carbocycles. The van der Waals surface area contributed by atoms with E-state index in [-0.39, 0.29) is 11.8 Å². The van der Waals surface area contributed by atoms with Crippen molar-refractivity contribution in [2.75, 3.05) is 35.2 Å². The van der Waals surface area contributed by atoms with Gasteiger partial charge in [-0.2, -0.15) is 9.97 Å². The zero-order valence-corrected chi connectivity index (χ0v) is 12.2. The summed E-state index contributed by atoms with van der Waals surface area (Å²) in [4.78, 5) is 24.7. The molecule has 21 heavy (non-hydrogen) atoms. The Morgan fingerprint density at radius 2 is 2.05 bits per heavy atom. The maximum atomic E-state index is 12.1. The van der Waals surface area contributed by atoms with Gasteiger partial charge in [-0.1, -0.05) is 6.08 Å². The molecule has 6 heteroatoms. The fourth-order valence-electron chi connectivity index (χ4n) is 2.93. The van der Waals surface area contributed by atoms with Crippen molar-refractivity contribution in [3.63, 3.8) is 0 Å². The molecule has 2 aliphatic heterocycles. The number of carbonyl (C=O) groups is 1. The largest absolute Gasteiger partial charge is 0.383 e. The molecule has 2 N–H and O–H groups in total. The molecule has 0 aromatic carbocycles. The van der Waals surface area contributed by atoms with Gasteiger partial charge in [0, 0.05) is 38.0 Å². The number of nitrogen functional groups attached to an aromatic ring is 1. The molecule has 0 radical (unpaired) electrons. The fraction of sp³-hybridized carbons (Fsp3) is 0.533. The van der Waals surface area contributed by atoms with Gasteiger partial charge in [0.05, 0.1) is 0 Å². The van der Waals surface area contributed by atoms with Crippen molar-refractivity contribution >= 4 is 23.5 Å². The SMILES string of the molecule is C=CC1CC(=O)N(c2nc(N)cc(N3CCCCC3)n2)C1. The second-order valence-corrected chi connectivity index (χ2v) is 5.70. The highest BCUT2D eigenvalue weighted by molar-refractivity contribution is 5.94. The highest BCUT2D eigenvalue weighted by Crippen LogP contribution is 2.26. The van der Waals surface area contributed by atoms with Crippen LogP contribution >= 0.6 is 0 Å². The highest BCUT2D eigenvalue weighted by atomic mass is 16.2. The minimum Gasteiger partial charge on any atom is -0.383 e. The third kappa shape index (κ3) is 2.84. The summed E-state index contributed by atoms with van der Waals surface area (Å²) in [5.74, 6) is 1.86. The minimum absolute atomic E-state index is 0.0371. The molecule has 0 aliphatic carbocycles. The van der Waals surface area contributed by atoms with Crippen molar-refractivity contribution in [2.45, 2.75) is 25.7 Å². The Morgan fingerprint density at radius 1 is 1.29 bits per heavy atom.